The maximum atomic E-state index is 13.1. The van der Waals surface area contributed by atoms with Gasteiger partial charge in [-0.25, -0.2) is 9.97 Å². The van der Waals surface area contributed by atoms with Crippen molar-refractivity contribution in [3.63, 3.8) is 0 Å². The standard InChI is InChI=1S/C60H49N9O/c1-35-22-23-54-48(24-35)64-51-27-42(45(61-4)31-56(51)67(54)38-16-10-7-11-17-38)41-30-55-49(25-36(41)2)65-52-28-43(46(62-5)32-57(52)68(55)39-18-12-8-13-19-39)44-29-53-58(33-47(44)63-6)69(40-20-14-9-15-21-40)59-34-60(70)37(3)26-50(59)66-53/h7-34H,1-6H3,(H3,61,62,63,64,65,66,70)/p+1. The molecule has 10 nitrogen and oxygen atoms in total. The van der Waals surface area contributed by atoms with E-state index in [1.165, 1.54) is 5.56 Å². The van der Waals surface area contributed by atoms with E-state index in [4.69, 9.17) is 9.97 Å². The van der Waals surface area contributed by atoms with Gasteiger partial charge in [0.15, 0.2) is 5.43 Å². The quantitative estimate of drug-likeness (QED) is 0.0883. The van der Waals surface area contributed by atoms with E-state index in [-0.39, 0.29) is 5.43 Å². The smallest absolute Gasteiger partial charge is 0.239 e. The van der Waals surface area contributed by atoms with Crippen LogP contribution in [0.2, 0.25) is 0 Å². The zero-order valence-corrected chi connectivity index (χ0v) is 39.8. The summed E-state index contributed by atoms with van der Waals surface area (Å²) in [5.41, 5.74) is 24.1. The van der Waals surface area contributed by atoms with Crippen LogP contribution < -0.4 is 36.2 Å². The summed E-state index contributed by atoms with van der Waals surface area (Å²) in [5, 5.41) is 14.5. The van der Waals surface area contributed by atoms with Crippen LogP contribution in [-0.4, -0.2) is 35.7 Å². The van der Waals surface area contributed by atoms with Crippen molar-refractivity contribution in [2.45, 2.75) is 20.8 Å². The molecule has 0 saturated carbocycles. The second-order valence-corrected chi connectivity index (χ2v) is 18.1. The number of hydrogen-bond donors (Lipinski definition) is 4. The highest BCUT2D eigenvalue weighted by atomic mass is 16.1. The lowest BCUT2D eigenvalue weighted by molar-refractivity contribution is -0.538. The van der Waals surface area contributed by atoms with Gasteiger partial charge < -0.3 is 30.7 Å². The molecule has 10 heteroatoms. The molecule has 1 aliphatic carbocycles. The van der Waals surface area contributed by atoms with Gasteiger partial charge in [0.1, 0.15) is 11.0 Å². The first-order valence-corrected chi connectivity index (χ1v) is 23.6. The molecule has 0 fully saturated rings. The Hall–Kier alpha value is -9.02. The average Bonchev–Trinajstić information content (AvgIpc) is 3.38. The number of fused-ring (bicyclic) bond motifs is 6. The van der Waals surface area contributed by atoms with Gasteiger partial charge in [0.05, 0.1) is 45.2 Å². The zero-order valence-electron chi connectivity index (χ0n) is 39.8. The first kappa shape index (κ1) is 42.3. The highest BCUT2D eigenvalue weighted by Gasteiger charge is 2.29. The Morgan fingerprint density at radius 3 is 1.81 bits per heavy atom. The van der Waals surface area contributed by atoms with Gasteiger partial charge in [-0.1, -0.05) is 60.7 Å². The molecule has 3 aliphatic rings. The molecule has 9 aromatic rings. The van der Waals surface area contributed by atoms with Crippen LogP contribution in [0.4, 0.5) is 45.5 Å². The fraction of sp³-hybridized carbons (Fsp3) is 0.100. The first-order valence-electron chi connectivity index (χ1n) is 23.6. The second-order valence-electron chi connectivity index (χ2n) is 18.1. The van der Waals surface area contributed by atoms with E-state index in [1.54, 1.807) is 6.07 Å². The van der Waals surface area contributed by atoms with Crippen molar-refractivity contribution in [1.29, 1.82) is 0 Å². The van der Waals surface area contributed by atoms with Crippen molar-refractivity contribution in [3.05, 3.63) is 197 Å². The third kappa shape index (κ3) is 6.86. The van der Waals surface area contributed by atoms with E-state index in [0.29, 0.717) is 5.56 Å². The van der Waals surface area contributed by atoms with Gasteiger partial charge in [0.25, 0.3) is 0 Å². The molecule has 0 saturated heterocycles. The summed E-state index contributed by atoms with van der Waals surface area (Å²) in [6, 6.07) is 59.2. The molecule has 2 aliphatic heterocycles. The summed E-state index contributed by atoms with van der Waals surface area (Å²) in [6.07, 6.45) is 0. The Bertz CT molecular complexity index is 3930. The molecule has 340 valence electrons. The van der Waals surface area contributed by atoms with Crippen LogP contribution >= 0.6 is 0 Å². The van der Waals surface area contributed by atoms with Crippen molar-refractivity contribution < 1.29 is 4.57 Å². The van der Waals surface area contributed by atoms with Crippen LogP contribution in [0.25, 0.3) is 78.1 Å². The molecule has 4 N–H and O–H groups in total. The highest BCUT2D eigenvalue weighted by molar-refractivity contribution is 6.03. The van der Waals surface area contributed by atoms with Crippen molar-refractivity contribution in [2.75, 3.05) is 47.3 Å². The molecule has 8 aromatic carbocycles. The van der Waals surface area contributed by atoms with Gasteiger partial charge >= 0.3 is 0 Å². The molecule has 0 unspecified atom stereocenters. The van der Waals surface area contributed by atoms with Gasteiger partial charge in [-0.15, -0.1) is 4.57 Å². The number of anilines is 8. The molecular weight excluding hydrogens is 863 g/mol. The number of aromatic nitrogens is 4. The van der Waals surface area contributed by atoms with Gasteiger partial charge in [-0.2, -0.15) is 0 Å². The predicted molar refractivity (Wildman–Crippen MR) is 290 cm³/mol. The third-order valence-electron chi connectivity index (χ3n) is 13.7. The Kier molecular flexibility index (Phi) is 10.1. The predicted octanol–water partition coefficient (Wildman–Crippen LogP) is 13.4. The molecule has 3 heterocycles. The molecule has 1 aromatic heterocycles. The van der Waals surface area contributed by atoms with Crippen molar-refractivity contribution in [2.24, 2.45) is 0 Å². The van der Waals surface area contributed by atoms with Crippen LogP contribution in [0.15, 0.2) is 175 Å². The zero-order chi connectivity index (χ0) is 47.8. The van der Waals surface area contributed by atoms with Crippen LogP contribution in [-0.2, 0) is 0 Å². The normalized spacial score (nSPS) is 12.0. The van der Waals surface area contributed by atoms with Gasteiger partial charge in [-0.3, -0.25) is 4.79 Å². The number of hydrogen-bond acceptors (Lipinski definition) is 8. The second kappa shape index (κ2) is 16.6. The Morgan fingerprint density at radius 1 is 0.500 bits per heavy atom. The number of rotatable bonds is 8. The van der Waals surface area contributed by atoms with Crippen LogP contribution in [0.1, 0.15) is 16.7 Å². The summed E-state index contributed by atoms with van der Waals surface area (Å²) in [4.78, 5) is 26.1. The van der Waals surface area contributed by atoms with Crippen LogP contribution in [0.3, 0.4) is 0 Å². The Morgan fingerprint density at radius 2 is 1.10 bits per heavy atom. The highest BCUT2D eigenvalue weighted by Crippen LogP contribution is 2.51. The lowest BCUT2D eigenvalue weighted by Crippen LogP contribution is -2.33. The van der Waals surface area contributed by atoms with E-state index < -0.39 is 0 Å². The number of benzene rings is 9. The molecule has 0 atom stereocenters. The lowest BCUT2D eigenvalue weighted by Gasteiger charge is -2.35. The van der Waals surface area contributed by atoms with Crippen LogP contribution in [0, 0.1) is 20.8 Å². The Labute approximate surface area is 405 Å². The summed E-state index contributed by atoms with van der Waals surface area (Å²) in [7, 11) is 5.91. The molecule has 0 amide bonds. The van der Waals surface area contributed by atoms with Crippen molar-refractivity contribution in [1.82, 2.24) is 14.5 Å². The molecule has 70 heavy (non-hydrogen) atoms. The van der Waals surface area contributed by atoms with E-state index in [1.807, 2.05) is 52.3 Å². The maximum absolute atomic E-state index is 13.1. The summed E-state index contributed by atoms with van der Waals surface area (Å²) in [5.74, 6) is 0. The molecule has 12 rings (SSSR count). The number of aryl methyl sites for hydroxylation is 3. The molecule has 0 radical (unpaired) electrons. The third-order valence-corrected chi connectivity index (χ3v) is 13.7. The van der Waals surface area contributed by atoms with Crippen molar-refractivity contribution >= 4 is 78.6 Å². The number of nitrogens with zero attached hydrogens (tertiary/aromatic N) is 5. The minimum Gasteiger partial charge on any atom is -0.388 e. The maximum Gasteiger partial charge on any atom is 0.239 e. The topological polar surface area (TPSA) is 103 Å². The molecule has 0 spiro atoms. The van der Waals surface area contributed by atoms with E-state index >= 15 is 0 Å². The molecule has 0 bridgehead atoms. The summed E-state index contributed by atoms with van der Waals surface area (Å²) in [6.45, 7) is 6.15. The van der Waals surface area contributed by atoms with E-state index in [2.05, 4.69) is 189 Å². The van der Waals surface area contributed by atoms with E-state index in [9.17, 15) is 4.79 Å². The SMILES string of the molecule is CNc1cc2c(cc1-c1cc3c(cc1C)nc1cc(-c4cc5nc6cc(C)c(=O)cc-6n(-c6ccccc6)c5cc4NC)c(NC)cc1[n+]3-c1ccccc1)Nc1cc(C)ccc1N2c1ccccc1. The largest absolute Gasteiger partial charge is 0.388 e. The molecular formula is C60H50N9O+. The van der Waals surface area contributed by atoms with E-state index in [0.717, 1.165) is 129 Å². The fourth-order valence-electron chi connectivity index (χ4n) is 10.3. The number of para-hydroxylation sites is 3. The monoisotopic (exact) mass is 912 g/mol. The Balaban J connectivity index is 1.07. The summed E-state index contributed by atoms with van der Waals surface area (Å²) < 4.78 is 4.47. The average molecular weight is 913 g/mol. The van der Waals surface area contributed by atoms with Gasteiger partial charge in [0.2, 0.25) is 16.7 Å². The van der Waals surface area contributed by atoms with Gasteiger partial charge in [-0.05, 0) is 122 Å². The number of nitrogens with one attached hydrogen (secondary N) is 4. The minimum absolute atomic E-state index is 0.0199. The lowest BCUT2D eigenvalue weighted by atomic mass is 9.94. The van der Waals surface area contributed by atoms with Gasteiger partial charge in [0, 0.05) is 96.6 Å². The minimum atomic E-state index is -0.0199. The van der Waals surface area contributed by atoms with Crippen molar-refractivity contribution in [3.8, 4) is 45.0 Å². The first-order chi connectivity index (χ1) is 34.2. The fourth-order valence-corrected chi connectivity index (χ4v) is 10.3. The summed E-state index contributed by atoms with van der Waals surface area (Å²) >= 11 is 0. The van der Waals surface area contributed by atoms with Crippen LogP contribution in [0.5, 0.6) is 0 Å².